The Balaban J connectivity index is 2.33. The summed E-state index contributed by atoms with van der Waals surface area (Å²) in [6.07, 6.45) is 4.87. The number of hydrogen-bond acceptors (Lipinski definition) is 5. The number of aromatic nitrogens is 1. The summed E-state index contributed by atoms with van der Waals surface area (Å²) in [6, 6.07) is 3.34. The summed E-state index contributed by atoms with van der Waals surface area (Å²) < 4.78 is 10.5. The molecule has 1 atom stereocenters. The summed E-state index contributed by atoms with van der Waals surface area (Å²) >= 11 is 5.95. The zero-order chi connectivity index (χ0) is 13.0. The Labute approximate surface area is 110 Å². The highest BCUT2D eigenvalue weighted by atomic mass is 35.5. The normalized spacial score (nSPS) is 12.4. The first-order chi connectivity index (χ1) is 8.76. The van der Waals surface area contributed by atoms with E-state index in [2.05, 4.69) is 10.4 Å². The van der Waals surface area contributed by atoms with Gasteiger partial charge in [0.25, 0.3) is 0 Å². The van der Waals surface area contributed by atoms with Crippen molar-refractivity contribution in [1.82, 2.24) is 10.4 Å². The van der Waals surface area contributed by atoms with Crippen LogP contribution in [0.3, 0.4) is 0 Å². The van der Waals surface area contributed by atoms with Gasteiger partial charge < -0.3 is 9.15 Å². The molecule has 0 radical (unpaired) electrons. The molecule has 0 bridgehead atoms. The second-order valence-corrected chi connectivity index (χ2v) is 3.98. The summed E-state index contributed by atoms with van der Waals surface area (Å²) in [5.74, 6) is 6.26. The van der Waals surface area contributed by atoms with Crippen molar-refractivity contribution in [1.29, 1.82) is 0 Å². The largest absolute Gasteiger partial charge is 0.492 e. The number of nitrogens with one attached hydrogen (secondary N) is 1. The van der Waals surface area contributed by atoms with Gasteiger partial charge in [-0.25, -0.2) is 5.43 Å². The van der Waals surface area contributed by atoms with Gasteiger partial charge in [0.15, 0.2) is 5.22 Å². The van der Waals surface area contributed by atoms with Crippen LogP contribution in [0.15, 0.2) is 35.2 Å². The van der Waals surface area contributed by atoms with Gasteiger partial charge >= 0.3 is 0 Å². The molecule has 0 aliphatic heterocycles. The number of nitrogens with zero attached hydrogens (tertiary/aromatic N) is 1. The van der Waals surface area contributed by atoms with E-state index in [1.54, 1.807) is 18.5 Å². The molecule has 0 saturated carbocycles. The summed E-state index contributed by atoms with van der Waals surface area (Å²) in [4.78, 5) is 4.12. The molecule has 0 amide bonds. The van der Waals surface area contributed by atoms with Crippen molar-refractivity contribution < 1.29 is 9.15 Å². The van der Waals surface area contributed by atoms with Crippen molar-refractivity contribution in [3.05, 3.63) is 47.1 Å². The maximum absolute atomic E-state index is 5.95. The number of hydrazine groups is 1. The summed E-state index contributed by atoms with van der Waals surface area (Å²) in [5, 5.41) is 0.305. The highest BCUT2D eigenvalue weighted by Gasteiger charge is 2.18. The second-order valence-electron chi connectivity index (χ2n) is 3.64. The van der Waals surface area contributed by atoms with E-state index in [0.717, 1.165) is 11.1 Å². The lowest BCUT2D eigenvalue weighted by Gasteiger charge is -2.15. The number of ether oxygens (including phenoxy) is 1. The fraction of sp³-hybridized carbons (Fsp3) is 0.250. The Hall–Kier alpha value is -1.56. The smallest absolute Gasteiger partial charge is 0.198 e. The molecular weight excluding hydrogens is 254 g/mol. The molecule has 3 N–H and O–H groups in total. The molecule has 6 heteroatoms. The van der Waals surface area contributed by atoms with E-state index in [1.165, 1.54) is 6.26 Å². The first-order valence-corrected chi connectivity index (χ1v) is 5.90. The quantitative estimate of drug-likeness (QED) is 0.642. The van der Waals surface area contributed by atoms with Gasteiger partial charge in [-0.15, -0.1) is 0 Å². The molecule has 1 unspecified atom stereocenters. The van der Waals surface area contributed by atoms with Crippen LogP contribution in [-0.4, -0.2) is 11.6 Å². The van der Waals surface area contributed by atoms with Crippen LogP contribution in [0.4, 0.5) is 0 Å². The van der Waals surface area contributed by atoms with Crippen molar-refractivity contribution in [2.24, 2.45) is 5.84 Å². The van der Waals surface area contributed by atoms with Crippen LogP contribution in [0.5, 0.6) is 5.75 Å². The second kappa shape index (κ2) is 5.86. The Morgan fingerprint density at radius 3 is 3.00 bits per heavy atom. The highest BCUT2D eigenvalue weighted by Crippen LogP contribution is 2.29. The number of nitrogens with two attached hydrogens (primary N) is 1. The standard InChI is InChI=1S/C12H14ClN3O2/c1-2-17-9-5-8(6-15-7-9)11(16-14)10-3-4-18-12(10)13/h3-7,11,16H,2,14H2,1H3. The van der Waals surface area contributed by atoms with Gasteiger partial charge in [-0.3, -0.25) is 10.8 Å². The van der Waals surface area contributed by atoms with Crippen LogP contribution >= 0.6 is 11.6 Å². The number of pyridine rings is 1. The molecule has 2 heterocycles. The number of rotatable bonds is 5. The Morgan fingerprint density at radius 1 is 1.56 bits per heavy atom. The van der Waals surface area contributed by atoms with Gasteiger partial charge in [0.05, 0.1) is 25.1 Å². The van der Waals surface area contributed by atoms with Crippen LogP contribution < -0.4 is 16.0 Å². The predicted octanol–water partition coefficient (Wildman–Crippen LogP) is 2.28. The molecule has 0 saturated heterocycles. The summed E-state index contributed by atoms with van der Waals surface area (Å²) in [6.45, 7) is 2.50. The highest BCUT2D eigenvalue weighted by molar-refractivity contribution is 6.29. The van der Waals surface area contributed by atoms with Gasteiger partial charge in [0.1, 0.15) is 5.75 Å². The lowest BCUT2D eigenvalue weighted by Crippen LogP contribution is -2.28. The molecule has 0 aromatic carbocycles. The first kappa shape index (κ1) is 12.9. The van der Waals surface area contributed by atoms with Crippen molar-refractivity contribution in [2.75, 3.05) is 6.61 Å². The third kappa shape index (κ3) is 2.64. The molecule has 18 heavy (non-hydrogen) atoms. The van der Waals surface area contributed by atoms with Crippen LogP contribution in [0.1, 0.15) is 24.1 Å². The summed E-state index contributed by atoms with van der Waals surface area (Å²) in [5.41, 5.74) is 4.30. The number of hydrogen-bond donors (Lipinski definition) is 2. The van der Waals surface area contributed by atoms with Crippen molar-refractivity contribution >= 4 is 11.6 Å². The molecule has 2 aromatic heterocycles. The Morgan fingerprint density at radius 2 is 2.39 bits per heavy atom. The third-order valence-electron chi connectivity index (χ3n) is 2.50. The van der Waals surface area contributed by atoms with Crippen LogP contribution in [0, 0.1) is 0 Å². The summed E-state index contributed by atoms with van der Waals surface area (Å²) in [7, 11) is 0. The minimum atomic E-state index is -0.288. The zero-order valence-corrected chi connectivity index (χ0v) is 10.6. The average molecular weight is 268 g/mol. The van der Waals surface area contributed by atoms with Gasteiger partial charge in [-0.2, -0.15) is 0 Å². The van der Waals surface area contributed by atoms with E-state index in [4.69, 9.17) is 26.6 Å². The topological polar surface area (TPSA) is 73.3 Å². The Bertz CT molecular complexity index is 516. The van der Waals surface area contributed by atoms with Crippen LogP contribution in [0.25, 0.3) is 0 Å². The molecule has 0 aliphatic rings. The van der Waals surface area contributed by atoms with Gasteiger partial charge in [-0.1, -0.05) is 0 Å². The predicted molar refractivity (Wildman–Crippen MR) is 68.3 cm³/mol. The van der Waals surface area contributed by atoms with Gasteiger partial charge in [0, 0.05) is 11.8 Å². The number of halogens is 1. The van der Waals surface area contributed by atoms with Crippen molar-refractivity contribution in [3.8, 4) is 5.75 Å². The van der Waals surface area contributed by atoms with E-state index in [9.17, 15) is 0 Å². The molecule has 0 fully saturated rings. The Kier molecular flexibility index (Phi) is 4.19. The van der Waals surface area contributed by atoms with E-state index in [0.29, 0.717) is 17.6 Å². The average Bonchev–Trinajstić information content (AvgIpc) is 2.78. The molecular formula is C12H14ClN3O2. The minimum absolute atomic E-state index is 0.288. The lowest BCUT2D eigenvalue weighted by atomic mass is 10.0. The van der Waals surface area contributed by atoms with E-state index < -0.39 is 0 Å². The maximum atomic E-state index is 5.95. The van der Waals surface area contributed by atoms with Crippen LogP contribution in [-0.2, 0) is 0 Å². The van der Waals surface area contributed by atoms with Gasteiger partial charge in [0.2, 0.25) is 0 Å². The SMILES string of the molecule is CCOc1cncc(C(NN)c2ccoc2Cl)c1. The molecule has 0 aliphatic carbocycles. The van der Waals surface area contributed by atoms with Crippen LogP contribution in [0.2, 0.25) is 5.22 Å². The fourth-order valence-electron chi connectivity index (χ4n) is 1.71. The minimum Gasteiger partial charge on any atom is -0.492 e. The van der Waals surface area contributed by atoms with Gasteiger partial charge in [-0.05, 0) is 36.2 Å². The zero-order valence-electron chi connectivity index (χ0n) is 9.89. The first-order valence-electron chi connectivity index (χ1n) is 5.53. The van der Waals surface area contributed by atoms with E-state index in [-0.39, 0.29) is 6.04 Å². The monoisotopic (exact) mass is 267 g/mol. The van der Waals surface area contributed by atoms with E-state index >= 15 is 0 Å². The third-order valence-corrected chi connectivity index (χ3v) is 2.81. The molecule has 0 spiro atoms. The fourth-order valence-corrected chi connectivity index (χ4v) is 1.94. The molecule has 96 valence electrons. The van der Waals surface area contributed by atoms with Crippen molar-refractivity contribution in [3.63, 3.8) is 0 Å². The molecule has 2 aromatic rings. The molecule has 2 rings (SSSR count). The van der Waals surface area contributed by atoms with E-state index in [1.807, 2.05) is 13.0 Å². The number of furan rings is 1. The van der Waals surface area contributed by atoms with Crippen molar-refractivity contribution in [2.45, 2.75) is 13.0 Å². The molecule has 5 nitrogen and oxygen atoms in total. The maximum Gasteiger partial charge on any atom is 0.198 e. The lowest BCUT2D eigenvalue weighted by molar-refractivity contribution is 0.338.